The zero-order valence-corrected chi connectivity index (χ0v) is 7.69. The molecule has 0 aromatic heterocycles. The molecule has 1 N–H and O–H groups in total. The molecule has 0 spiro atoms. The molecule has 0 radical (unpaired) electrons. The van der Waals surface area contributed by atoms with Gasteiger partial charge in [0, 0.05) is 0 Å². The fourth-order valence-corrected chi connectivity index (χ4v) is 1.24. The minimum atomic E-state index is -1.56. The van der Waals surface area contributed by atoms with Gasteiger partial charge in [-0.2, -0.15) is 0 Å². The molecule has 2 nitrogen and oxygen atoms in total. The summed E-state index contributed by atoms with van der Waals surface area (Å²) < 4.78 is 4.97. The Morgan fingerprint density at radius 1 is 1.36 bits per heavy atom. The van der Waals surface area contributed by atoms with Crippen molar-refractivity contribution in [1.29, 1.82) is 5.16 Å². The summed E-state index contributed by atoms with van der Waals surface area (Å²) in [6.07, 6.45) is 0. The third-order valence-corrected chi connectivity index (χ3v) is 1.78. The zero-order chi connectivity index (χ0) is 8.27. The lowest BCUT2D eigenvalue weighted by molar-refractivity contribution is 0.631. The van der Waals surface area contributed by atoms with Crippen molar-refractivity contribution >= 4 is 18.5 Å². The van der Waals surface area contributed by atoms with Crippen LogP contribution in [0.2, 0.25) is 0 Å². The van der Waals surface area contributed by atoms with Gasteiger partial charge in [0.05, 0.1) is 0 Å². The molecule has 1 aromatic rings. The van der Waals surface area contributed by atoms with E-state index in [1.807, 2.05) is 31.2 Å². The van der Waals surface area contributed by atoms with E-state index in [0.717, 1.165) is 0 Å². The number of hydrogen-bond donors (Lipinski definition) is 1. The van der Waals surface area contributed by atoms with Gasteiger partial charge in [-0.3, -0.25) is 4.52 Å². The molecule has 1 atom stereocenters. The molecular formula is C7H8ClNOP+. The third-order valence-electron chi connectivity index (χ3n) is 1.21. The van der Waals surface area contributed by atoms with E-state index in [-0.39, 0.29) is 0 Å². The van der Waals surface area contributed by atoms with Gasteiger partial charge in [-0.15, -0.1) is 0 Å². The van der Waals surface area contributed by atoms with Crippen molar-refractivity contribution in [3.63, 3.8) is 0 Å². The fourth-order valence-electron chi connectivity index (χ4n) is 0.692. The van der Waals surface area contributed by atoms with E-state index < -0.39 is 7.29 Å². The number of nitrogens with one attached hydrogen (secondary N) is 1. The SMILES string of the molecule is Cc1ccc(O[P+](=N)Cl)cc1. The maximum absolute atomic E-state index is 6.98. The lowest BCUT2D eigenvalue weighted by Gasteiger charge is -1.92. The van der Waals surface area contributed by atoms with Crippen LogP contribution in [-0.2, 0) is 0 Å². The summed E-state index contributed by atoms with van der Waals surface area (Å²) in [6, 6.07) is 7.46. The summed E-state index contributed by atoms with van der Waals surface area (Å²) in [7, 11) is -1.56. The van der Waals surface area contributed by atoms with Crippen molar-refractivity contribution in [3.8, 4) is 5.75 Å². The first-order valence-corrected chi connectivity index (χ1v) is 5.27. The van der Waals surface area contributed by atoms with Crippen molar-refractivity contribution in [3.05, 3.63) is 29.8 Å². The summed E-state index contributed by atoms with van der Waals surface area (Å²) in [4.78, 5) is 0. The van der Waals surface area contributed by atoms with E-state index in [1.165, 1.54) is 5.56 Å². The molecule has 0 fully saturated rings. The second-order valence-corrected chi connectivity index (χ2v) is 3.74. The maximum atomic E-state index is 6.98. The Hall–Kier alpha value is -0.590. The Kier molecular flexibility index (Phi) is 2.86. The monoisotopic (exact) mass is 188 g/mol. The molecule has 58 valence electrons. The van der Waals surface area contributed by atoms with Crippen molar-refractivity contribution in [1.82, 2.24) is 0 Å². The van der Waals surface area contributed by atoms with Crippen LogP contribution in [-0.4, -0.2) is 0 Å². The van der Waals surface area contributed by atoms with Crippen LogP contribution in [0, 0.1) is 12.1 Å². The predicted octanol–water partition coefficient (Wildman–Crippen LogP) is 3.69. The minimum Gasteiger partial charge on any atom is -0.254 e. The molecule has 0 aliphatic heterocycles. The molecule has 0 aliphatic rings. The van der Waals surface area contributed by atoms with Crippen LogP contribution >= 0.6 is 18.5 Å². The van der Waals surface area contributed by atoms with E-state index in [4.69, 9.17) is 20.9 Å². The highest BCUT2D eigenvalue weighted by molar-refractivity contribution is 7.70. The lowest BCUT2D eigenvalue weighted by atomic mass is 10.2. The molecule has 0 amide bonds. The highest BCUT2D eigenvalue weighted by Gasteiger charge is 2.07. The molecule has 1 aromatic carbocycles. The lowest BCUT2D eigenvalue weighted by Crippen LogP contribution is -1.76. The van der Waals surface area contributed by atoms with Crippen LogP contribution in [0.15, 0.2) is 24.3 Å². The van der Waals surface area contributed by atoms with Crippen LogP contribution in [0.4, 0.5) is 0 Å². The normalized spacial score (nSPS) is 10.9. The zero-order valence-electron chi connectivity index (χ0n) is 6.04. The number of rotatable bonds is 2. The van der Waals surface area contributed by atoms with E-state index in [9.17, 15) is 0 Å². The number of benzene rings is 1. The molecular weight excluding hydrogens is 181 g/mol. The van der Waals surface area contributed by atoms with Gasteiger partial charge in [-0.05, 0) is 19.1 Å². The topological polar surface area (TPSA) is 33.1 Å². The first-order chi connectivity index (χ1) is 5.18. The van der Waals surface area contributed by atoms with Gasteiger partial charge in [0.25, 0.3) is 0 Å². The van der Waals surface area contributed by atoms with E-state index in [0.29, 0.717) is 5.75 Å². The number of hydrogen-bond acceptors (Lipinski definition) is 2. The second-order valence-electron chi connectivity index (χ2n) is 2.15. The molecule has 0 saturated carbocycles. The van der Waals surface area contributed by atoms with Gasteiger partial charge in [-0.1, -0.05) is 22.9 Å². The quantitative estimate of drug-likeness (QED) is 0.706. The minimum absolute atomic E-state index is 0.659. The fraction of sp³-hybridized carbons (Fsp3) is 0.143. The number of aryl methyl sites for hydroxylation is 1. The molecule has 0 heterocycles. The first kappa shape index (κ1) is 8.51. The Bertz CT molecular complexity index is 260. The molecule has 1 rings (SSSR count). The maximum Gasteiger partial charge on any atom is 0.544 e. The summed E-state index contributed by atoms with van der Waals surface area (Å²) >= 11 is 5.36. The average Bonchev–Trinajstić information content (AvgIpc) is 1.93. The Balaban J connectivity index is 2.74. The smallest absolute Gasteiger partial charge is 0.254 e. The average molecular weight is 189 g/mol. The summed E-state index contributed by atoms with van der Waals surface area (Å²) in [5.74, 6) is 0.659. The first-order valence-electron chi connectivity index (χ1n) is 3.10. The highest BCUT2D eigenvalue weighted by atomic mass is 35.7. The summed E-state index contributed by atoms with van der Waals surface area (Å²) in [6.45, 7) is 1.99. The second kappa shape index (κ2) is 3.70. The Labute approximate surface area is 71.3 Å². The summed E-state index contributed by atoms with van der Waals surface area (Å²) in [5.41, 5.74) is 1.17. The van der Waals surface area contributed by atoms with Gasteiger partial charge < -0.3 is 0 Å². The van der Waals surface area contributed by atoms with Crippen LogP contribution in [0.1, 0.15) is 5.56 Å². The standard InChI is InChI=1S/C7H8ClNOP/c1-6-2-4-7(5-3-6)10-11(8)9/h2-5,9H,1H3/q+1. The molecule has 0 saturated heterocycles. The molecule has 1 unspecified atom stereocenters. The molecule has 4 heteroatoms. The summed E-state index contributed by atoms with van der Waals surface area (Å²) in [5, 5.41) is 6.98. The van der Waals surface area contributed by atoms with Crippen molar-refractivity contribution in [2.75, 3.05) is 0 Å². The van der Waals surface area contributed by atoms with Gasteiger partial charge in [0.2, 0.25) is 11.2 Å². The predicted molar refractivity (Wildman–Crippen MR) is 47.3 cm³/mol. The molecule has 0 aliphatic carbocycles. The highest BCUT2D eigenvalue weighted by Crippen LogP contribution is 2.31. The number of halogens is 1. The van der Waals surface area contributed by atoms with Gasteiger partial charge in [0.15, 0.2) is 5.75 Å². The van der Waals surface area contributed by atoms with Gasteiger partial charge >= 0.3 is 7.29 Å². The van der Waals surface area contributed by atoms with Crippen LogP contribution in [0.25, 0.3) is 0 Å². The van der Waals surface area contributed by atoms with Crippen LogP contribution in [0.5, 0.6) is 5.75 Å². The van der Waals surface area contributed by atoms with Gasteiger partial charge in [0.1, 0.15) is 0 Å². The Morgan fingerprint density at radius 2 is 1.91 bits per heavy atom. The van der Waals surface area contributed by atoms with E-state index in [2.05, 4.69) is 0 Å². The van der Waals surface area contributed by atoms with Crippen molar-refractivity contribution < 1.29 is 4.52 Å². The van der Waals surface area contributed by atoms with E-state index in [1.54, 1.807) is 0 Å². The van der Waals surface area contributed by atoms with Crippen molar-refractivity contribution in [2.45, 2.75) is 6.92 Å². The van der Waals surface area contributed by atoms with Gasteiger partial charge in [-0.25, -0.2) is 0 Å². The molecule has 0 bridgehead atoms. The largest absolute Gasteiger partial charge is 0.544 e. The Morgan fingerprint density at radius 3 is 2.36 bits per heavy atom. The van der Waals surface area contributed by atoms with Crippen molar-refractivity contribution in [2.24, 2.45) is 0 Å². The van der Waals surface area contributed by atoms with Crippen LogP contribution < -0.4 is 4.52 Å². The van der Waals surface area contributed by atoms with Crippen LogP contribution in [0.3, 0.4) is 0 Å². The van der Waals surface area contributed by atoms with E-state index >= 15 is 0 Å². The third kappa shape index (κ3) is 2.87. The molecule has 11 heavy (non-hydrogen) atoms.